The zero-order valence-corrected chi connectivity index (χ0v) is 18.5. The number of anilines is 1. The molecule has 0 radical (unpaired) electrons. The molecule has 1 aromatic heterocycles. The van der Waals surface area contributed by atoms with E-state index in [-0.39, 0.29) is 11.9 Å². The van der Waals surface area contributed by atoms with E-state index in [9.17, 15) is 4.79 Å². The summed E-state index contributed by atoms with van der Waals surface area (Å²) in [5.74, 6) is 0.747. The Hall–Kier alpha value is -2.51. The molecule has 2 N–H and O–H groups in total. The van der Waals surface area contributed by atoms with E-state index in [1.54, 1.807) is 12.1 Å². The van der Waals surface area contributed by atoms with Crippen molar-refractivity contribution in [2.24, 2.45) is 0 Å². The normalized spacial score (nSPS) is 17.8. The maximum Gasteiger partial charge on any atom is 0.240 e. The maximum absolute atomic E-state index is 13.3. The molecule has 30 heavy (non-hydrogen) atoms. The van der Waals surface area contributed by atoms with Crippen LogP contribution < -0.4 is 10.7 Å². The Balaban J connectivity index is 1.67. The third kappa shape index (κ3) is 4.18. The van der Waals surface area contributed by atoms with Crippen LogP contribution in [-0.4, -0.2) is 26.0 Å². The number of halogens is 1. The number of carbonyl (C=O) groups is 1. The molecule has 1 aliphatic heterocycles. The van der Waals surface area contributed by atoms with E-state index in [1.807, 2.05) is 16.8 Å². The fraction of sp³-hybridized carbons (Fsp3) is 0.318. The topological polar surface area (TPSA) is 71.8 Å². The van der Waals surface area contributed by atoms with Crippen molar-refractivity contribution >= 4 is 35.0 Å². The summed E-state index contributed by atoms with van der Waals surface area (Å²) in [6.07, 6.45) is 2.76. The smallest absolute Gasteiger partial charge is 0.240 e. The number of carbonyl (C=O) groups excluding carboxylic acids is 1. The molecule has 0 spiro atoms. The fourth-order valence-electron chi connectivity index (χ4n) is 3.46. The minimum atomic E-state index is -0.431. The molecule has 2 unspecified atom stereocenters. The average Bonchev–Trinajstić information content (AvgIpc) is 3.16. The lowest BCUT2D eigenvalue weighted by atomic mass is 10.0. The van der Waals surface area contributed by atoms with Crippen molar-refractivity contribution in [1.82, 2.24) is 14.9 Å². The number of nitrogens with one attached hydrogen (secondary N) is 2. The van der Waals surface area contributed by atoms with E-state index in [1.165, 1.54) is 17.3 Å². The van der Waals surface area contributed by atoms with Crippen molar-refractivity contribution in [2.45, 2.75) is 49.6 Å². The number of hydrogen-bond donors (Lipinski definition) is 2. The number of aromatic nitrogens is 3. The number of fused-ring (bicyclic) bond motifs is 1. The molecule has 0 saturated heterocycles. The van der Waals surface area contributed by atoms with Gasteiger partial charge in [0.2, 0.25) is 11.1 Å². The van der Waals surface area contributed by atoms with Gasteiger partial charge < -0.3 is 10.7 Å². The van der Waals surface area contributed by atoms with Gasteiger partial charge in [0.05, 0.1) is 16.8 Å². The first-order chi connectivity index (χ1) is 14.6. The number of aryl methyl sites for hydroxylation is 2. The molecule has 0 fully saturated rings. The van der Waals surface area contributed by atoms with Crippen molar-refractivity contribution in [2.75, 3.05) is 10.7 Å². The van der Waals surface area contributed by atoms with Crippen LogP contribution in [0.1, 0.15) is 43.3 Å². The number of rotatable bonds is 6. The summed E-state index contributed by atoms with van der Waals surface area (Å²) in [5.41, 5.74) is 6.40. The zero-order chi connectivity index (χ0) is 21.1. The molecule has 4 rings (SSSR count). The molecule has 2 atom stereocenters. The largest absolute Gasteiger partial charge is 0.324 e. The van der Waals surface area contributed by atoms with Gasteiger partial charge in [-0.15, -0.1) is 10.2 Å². The number of para-hydroxylation sites is 1. The number of nitrogens with zero attached hydrogens (tertiary/aromatic N) is 3. The summed E-state index contributed by atoms with van der Waals surface area (Å²) < 4.78 is 1.92. The first-order valence-corrected chi connectivity index (χ1v) is 11.4. The molecule has 2 aromatic carbocycles. The SMILES string of the molecule is CCCc1nnc2n1NC(c1ccc(CC)cc1)C(C(=O)Nc1ccccc1Cl)S2. The first-order valence-electron chi connectivity index (χ1n) is 10.1. The quantitative estimate of drug-likeness (QED) is 0.572. The molecule has 0 aliphatic carbocycles. The highest BCUT2D eigenvalue weighted by Crippen LogP contribution is 2.38. The molecule has 6 nitrogen and oxygen atoms in total. The maximum atomic E-state index is 13.3. The summed E-state index contributed by atoms with van der Waals surface area (Å²) in [6.45, 7) is 4.24. The minimum absolute atomic E-state index is 0.128. The molecular weight excluding hydrogens is 418 g/mol. The van der Waals surface area contributed by atoms with Crippen molar-refractivity contribution in [1.29, 1.82) is 0 Å². The Bertz CT molecular complexity index is 1040. The van der Waals surface area contributed by atoms with Crippen LogP contribution in [0, 0.1) is 0 Å². The lowest BCUT2D eigenvalue weighted by Gasteiger charge is -2.33. The lowest BCUT2D eigenvalue weighted by Crippen LogP contribution is -2.41. The van der Waals surface area contributed by atoms with Gasteiger partial charge in [-0.2, -0.15) is 0 Å². The van der Waals surface area contributed by atoms with Gasteiger partial charge in [-0.05, 0) is 36.1 Å². The van der Waals surface area contributed by atoms with Gasteiger partial charge in [0.25, 0.3) is 0 Å². The van der Waals surface area contributed by atoms with Gasteiger partial charge in [0.1, 0.15) is 5.25 Å². The molecule has 0 saturated carbocycles. The van der Waals surface area contributed by atoms with Crippen LogP contribution in [0.15, 0.2) is 53.7 Å². The average molecular weight is 442 g/mol. The number of amides is 1. The highest BCUT2D eigenvalue weighted by molar-refractivity contribution is 8.00. The molecule has 3 aromatic rings. The summed E-state index contributed by atoms with van der Waals surface area (Å²) in [6, 6.07) is 15.4. The van der Waals surface area contributed by atoms with Crippen molar-refractivity contribution < 1.29 is 4.79 Å². The van der Waals surface area contributed by atoms with E-state index < -0.39 is 5.25 Å². The molecule has 156 valence electrons. The number of thioether (sulfide) groups is 1. The van der Waals surface area contributed by atoms with E-state index in [0.717, 1.165) is 30.7 Å². The zero-order valence-electron chi connectivity index (χ0n) is 16.9. The van der Waals surface area contributed by atoms with Crippen LogP contribution in [0.3, 0.4) is 0 Å². The summed E-state index contributed by atoms with van der Waals surface area (Å²) in [4.78, 5) is 13.3. The second-order valence-corrected chi connectivity index (χ2v) is 8.71. The fourth-order valence-corrected chi connectivity index (χ4v) is 4.74. The Morgan fingerprint density at radius 2 is 1.93 bits per heavy atom. The Morgan fingerprint density at radius 3 is 2.63 bits per heavy atom. The van der Waals surface area contributed by atoms with Crippen molar-refractivity contribution in [3.05, 3.63) is 70.5 Å². The predicted octanol–water partition coefficient (Wildman–Crippen LogP) is 4.84. The van der Waals surface area contributed by atoms with Crippen LogP contribution in [0.4, 0.5) is 5.69 Å². The van der Waals surface area contributed by atoms with Crippen molar-refractivity contribution in [3.63, 3.8) is 0 Å². The highest BCUT2D eigenvalue weighted by Gasteiger charge is 2.37. The lowest BCUT2D eigenvalue weighted by molar-refractivity contribution is -0.116. The third-order valence-electron chi connectivity index (χ3n) is 5.11. The van der Waals surface area contributed by atoms with Gasteiger partial charge in [0.15, 0.2) is 5.82 Å². The Labute approximate surface area is 185 Å². The molecule has 1 amide bonds. The highest BCUT2D eigenvalue weighted by atomic mass is 35.5. The van der Waals surface area contributed by atoms with Crippen LogP contribution >= 0.6 is 23.4 Å². The molecule has 2 heterocycles. The summed E-state index contributed by atoms with van der Waals surface area (Å²) in [5, 5.41) is 12.4. The van der Waals surface area contributed by atoms with Crippen LogP contribution in [0.2, 0.25) is 5.02 Å². The second-order valence-electron chi connectivity index (χ2n) is 7.19. The number of hydrogen-bond acceptors (Lipinski definition) is 5. The Kier molecular flexibility index (Phi) is 6.29. The van der Waals surface area contributed by atoms with E-state index in [0.29, 0.717) is 15.9 Å². The summed E-state index contributed by atoms with van der Waals surface area (Å²) in [7, 11) is 0. The summed E-state index contributed by atoms with van der Waals surface area (Å²) >= 11 is 7.67. The first kappa shape index (κ1) is 20.8. The van der Waals surface area contributed by atoms with Gasteiger partial charge in [-0.25, -0.2) is 4.68 Å². The molecule has 0 bridgehead atoms. The van der Waals surface area contributed by atoms with Gasteiger partial charge >= 0.3 is 0 Å². The van der Waals surface area contributed by atoms with Gasteiger partial charge in [-0.1, -0.05) is 73.6 Å². The number of benzene rings is 2. The van der Waals surface area contributed by atoms with Crippen molar-refractivity contribution in [3.8, 4) is 0 Å². The Morgan fingerprint density at radius 1 is 1.17 bits per heavy atom. The standard InChI is InChI=1S/C22H24ClN5OS/c1-3-7-18-25-26-22-28(18)27-19(15-12-10-14(4-2)11-13-15)20(30-22)21(29)24-17-9-6-5-8-16(17)23/h5-6,8-13,19-20,27H,3-4,7H2,1-2H3,(H,24,29). The van der Waals surface area contributed by atoms with Crippen LogP contribution in [0.25, 0.3) is 0 Å². The van der Waals surface area contributed by atoms with Gasteiger partial charge in [-0.3, -0.25) is 4.79 Å². The van der Waals surface area contributed by atoms with Gasteiger partial charge in [0, 0.05) is 6.42 Å². The monoisotopic (exact) mass is 441 g/mol. The van der Waals surface area contributed by atoms with E-state index in [2.05, 4.69) is 59.1 Å². The second kappa shape index (κ2) is 9.10. The predicted molar refractivity (Wildman–Crippen MR) is 122 cm³/mol. The van der Waals surface area contributed by atoms with E-state index >= 15 is 0 Å². The van der Waals surface area contributed by atoms with E-state index in [4.69, 9.17) is 11.6 Å². The third-order valence-corrected chi connectivity index (χ3v) is 6.66. The molecule has 8 heteroatoms. The van der Waals surface area contributed by atoms with Crippen LogP contribution in [-0.2, 0) is 17.6 Å². The molecular formula is C22H24ClN5OS. The minimum Gasteiger partial charge on any atom is -0.324 e. The molecule has 1 aliphatic rings. The van der Waals surface area contributed by atoms with Crippen LogP contribution in [0.5, 0.6) is 0 Å².